The first-order valence-electron chi connectivity index (χ1n) is 10.3. The highest BCUT2D eigenvalue weighted by Crippen LogP contribution is 2.11. The number of rotatable bonds is 18. The molecule has 0 radical (unpaired) electrons. The predicted molar refractivity (Wildman–Crippen MR) is 104 cm³/mol. The Hall–Kier alpha value is -1.31. The highest BCUT2D eigenvalue weighted by molar-refractivity contribution is 5.82. The van der Waals surface area contributed by atoms with Gasteiger partial charge in [-0.3, -0.25) is 19.6 Å². The van der Waals surface area contributed by atoms with Crippen molar-refractivity contribution in [1.29, 1.82) is 0 Å². The number of amides is 1. The number of nitrogens with two attached hydrogens (primary N) is 1. The minimum atomic E-state index is -1.16. The number of aliphatic hydroxyl groups is 1. The zero-order valence-electron chi connectivity index (χ0n) is 16.8. The zero-order valence-corrected chi connectivity index (χ0v) is 16.8. The van der Waals surface area contributed by atoms with Crippen molar-refractivity contribution in [2.75, 3.05) is 13.2 Å². The molecule has 1 amide bonds. The van der Waals surface area contributed by atoms with Crippen LogP contribution >= 0.6 is 0 Å². The summed E-state index contributed by atoms with van der Waals surface area (Å²) in [4.78, 5) is 35.0. The summed E-state index contributed by atoms with van der Waals surface area (Å²) >= 11 is 0. The van der Waals surface area contributed by atoms with Crippen LogP contribution in [0, 0.1) is 0 Å². The molecule has 0 fully saturated rings. The van der Waals surface area contributed by atoms with E-state index in [0.717, 1.165) is 38.5 Å². The number of nitrogens with zero attached hydrogens (tertiary/aromatic N) is 1. The lowest BCUT2D eigenvalue weighted by Crippen LogP contribution is -2.44. The summed E-state index contributed by atoms with van der Waals surface area (Å²) in [6, 6.07) is -1.16. The number of ketones is 2. The lowest BCUT2D eigenvalue weighted by molar-refractivity contribution is -0.168. The summed E-state index contributed by atoms with van der Waals surface area (Å²) in [7, 11) is 0. The lowest BCUT2D eigenvalue weighted by atomic mass is 10.0. The second kappa shape index (κ2) is 16.8. The van der Waals surface area contributed by atoms with E-state index in [2.05, 4.69) is 6.92 Å². The van der Waals surface area contributed by atoms with Gasteiger partial charge in [0.05, 0.1) is 13.2 Å². The van der Waals surface area contributed by atoms with E-state index in [1.165, 1.54) is 19.3 Å². The number of aliphatic hydroxyl groups excluding tert-OH is 1. The van der Waals surface area contributed by atoms with Crippen molar-refractivity contribution < 1.29 is 24.7 Å². The zero-order chi connectivity index (χ0) is 20.5. The Bertz CT molecular complexity index is 429. The maximum absolute atomic E-state index is 11.8. The van der Waals surface area contributed by atoms with Gasteiger partial charge in [0, 0.05) is 25.7 Å². The van der Waals surface area contributed by atoms with E-state index in [1.807, 2.05) is 0 Å². The van der Waals surface area contributed by atoms with Gasteiger partial charge in [-0.1, -0.05) is 45.4 Å². The molecule has 7 nitrogen and oxygen atoms in total. The van der Waals surface area contributed by atoms with Crippen molar-refractivity contribution in [1.82, 2.24) is 5.06 Å². The highest BCUT2D eigenvalue weighted by atomic mass is 16.5. The molecule has 7 heteroatoms. The number of carbonyl (C=O) groups is 3. The quantitative estimate of drug-likeness (QED) is 0.189. The van der Waals surface area contributed by atoms with E-state index >= 15 is 0 Å². The summed E-state index contributed by atoms with van der Waals surface area (Å²) in [5.41, 5.74) is 5.31. The van der Waals surface area contributed by atoms with Crippen LogP contribution in [0.25, 0.3) is 0 Å². The summed E-state index contributed by atoms with van der Waals surface area (Å²) in [5, 5.41) is 18.6. The number of hydroxylamine groups is 2. The normalized spacial score (nSPS) is 12.0. The molecule has 0 unspecified atom stereocenters. The molecule has 0 aromatic heterocycles. The van der Waals surface area contributed by atoms with Crippen LogP contribution in [0.15, 0.2) is 0 Å². The molecule has 0 bridgehead atoms. The van der Waals surface area contributed by atoms with Gasteiger partial charge in [-0.2, -0.15) is 0 Å². The van der Waals surface area contributed by atoms with Gasteiger partial charge in [0.2, 0.25) is 0 Å². The Morgan fingerprint density at radius 1 is 0.815 bits per heavy atom. The standard InChI is InChI=1S/C20H38N2O5/c1-2-3-4-5-8-11-17(24)12-9-6-7-10-13-18(25)14-15-22(27)20(26)19(21)16-23/h19,23,27H,2-16,21H2,1H3/t19-/m0/s1. The maximum atomic E-state index is 11.8. The Balaban J connectivity index is 3.57. The van der Waals surface area contributed by atoms with Crippen molar-refractivity contribution in [3.63, 3.8) is 0 Å². The fourth-order valence-corrected chi connectivity index (χ4v) is 2.78. The van der Waals surface area contributed by atoms with Crippen LogP contribution < -0.4 is 5.73 Å². The Morgan fingerprint density at radius 2 is 1.26 bits per heavy atom. The molecule has 0 aliphatic heterocycles. The molecule has 1 atom stereocenters. The van der Waals surface area contributed by atoms with Gasteiger partial charge in [0.25, 0.3) is 5.91 Å². The molecular weight excluding hydrogens is 348 g/mol. The van der Waals surface area contributed by atoms with Gasteiger partial charge >= 0.3 is 0 Å². The largest absolute Gasteiger partial charge is 0.394 e. The second-order valence-electron chi connectivity index (χ2n) is 7.16. The van der Waals surface area contributed by atoms with Gasteiger partial charge in [-0.05, 0) is 19.3 Å². The predicted octanol–water partition coefficient (Wildman–Crippen LogP) is 2.75. The smallest absolute Gasteiger partial charge is 0.265 e. The SMILES string of the molecule is CCCCCCCC(=O)CCCCCCC(=O)CCN(O)C(=O)[C@@H](N)CO. The van der Waals surface area contributed by atoms with Gasteiger partial charge in [-0.25, -0.2) is 5.06 Å². The molecular formula is C20H38N2O5. The Morgan fingerprint density at radius 3 is 1.70 bits per heavy atom. The van der Waals surface area contributed by atoms with Gasteiger partial charge < -0.3 is 10.8 Å². The third-order valence-electron chi connectivity index (χ3n) is 4.59. The Labute approximate surface area is 163 Å². The van der Waals surface area contributed by atoms with Crippen molar-refractivity contribution in [2.24, 2.45) is 5.73 Å². The van der Waals surface area contributed by atoms with Crippen LogP contribution in [0.4, 0.5) is 0 Å². The minimum absolute atomic E-state index is 0.0254. The molecule has 0 aliphatic carbocycles. The average Bonchev–Trinajstić information content (AvgIpc) is 2.67. The van der Waals surface area contributed by atoms with Crippen LogP contribution in [-0.4, -0.2) is 52.0 Å². The van der Waals surface area contributed by atoms with Crippen molar-refractivity contribution in [3.8, 4) is 0 Å². The maximum Gasteiger partial charge on any atom is 0.265 e. The molecule has 0 aromatic carbocycles. The van der Waals surface area contributed by atoms with Crippen molar-refractivity contribution >= 4 is 17.5 Å². The molecule has 4 N–H and O–H groups in total. The van der Waals surface area contributed by atoms with E-state index < -0.39 is 18.6 Å². The Kier molecular flexibility index (Phi) is 16.0. The summed E-state index contributed by atoms with van der Waals surface area (Å²) < 4.78 is 0. The van der Waals surface area contributed by atoms with Gasteiger partial charge in [0.15, 0.2) is 0 Å². The first kappa shape index (κ1) is 25.7. The number of Topliss-reactive ketones (excluding diaryl/α,β-unsaturated/α-hetero) is 2. The molecule has 0 rings (SSSR count). The number of hydrogen-bond donors (Lipinski definition) is 3. The van der Waals surface area contributed by atoms with E-state index in [-0.39, 0.29) is 18.7 Å². The molecule has 0 saturated heterocycles. The first-order chi connectivity index (χ1) is 12.9. The molecule has 0 spiro atoms. The molecule has 158 valence electrons. The fraction of sp³-hybridized carbons (Fsp3) is 0.850. The number of hydrogen-bond acceptors (Lipinski definition) is 6. The highest BCUT2D eigenvalue weighted by Gasteiger charge is 2.19. The van der Waals surface area contributed by atoms with E-state index in [0.29, 0.717) is 30.1 Å². The summed E-state index contributed by atoms with van der Waals surface area (Å²) in [6.07, 6.45) is 11.1. The fourth-order valence-electron chi connectivity index (χ4n) is 2.78. The van der Waals surface area contributed by atoms with Crippen LogP contribution in [-0.2, 0) is 14.4 Å². The van der Waals surface area contributed by atoms with Gasteiger partial charge in [-0.15, -0.1) is 0 Å². The third kappa shape index (κ3) is 14.4. The van der Waals surface area contributed by atoms with Crippen LogP contribution in [0.1, 0.15) is 90.4 Å². The van der Waals surface area contributed by atoms with Gasteiger partial charge in [0.1, 0.15) is 17.6 Å². The van der Waals surface area contributed by atoms with Crippen LogP contribution in [0.3, 0.4) is 0 Å². The van der Waals surface area contributed by atoms with E-state index in [9.17, 15) is 19.6 Å². The monoisotopic (exact) mass is 386 g/mol. The number of unbranched alkanes of at least 4 members (excludes halogenated alkanes) is 7. The first-order valence-corrected chi connectivity index (χ1v) is 10.3. The lowest BCUT2D eigenvalue weighted by Gasteiger charge is -2.17. The second-order valence-corrected chi connectivity index (χ2v) is 7.16. The van der Waals surface area contributed by atoms with Crippen LogP contribution in [0.5, 0.6) is 0 Å². The molecule has 0 heterocycles. The minimum Gasteiger partial charge on any atom is -0.394 e. The molecule has 0 aromatic rings. The number of carbonyl (C=O) groups excluding carboxylic acids is 3. The molecule has 0 aliphatic rings. The molecule has 27 heavy (non-hydrogen) atoms. The van der Waals surface area contributed by atoms with Crippen molar-refractivity contribution in [3.05, 3.63) is 0 Å². The topological polar surface area (TPSA) is 121 Å². The van der Waals surface area contributed by atoms with Crippen LogP contribution in [0.2, 0.25) is 0 Å². The van der Waals surface area contributed by atoms with E-state index in [4.69, 9.17) is 10.8 Å². The average molecular weight is 387 g/mol. The van der Waals surface area contributed by atoms with Crippen molar-refractivity contribution in [2.45, 2.75) is 96.4 Å². The van der Waals surface area contributed by atoms with E-state index in [1.54, 1.807) is 0 Å². The molecule has 0 saturated carbocycles. The summed E-state index contributed by atoms with van der Waals surface area (Å²) in [5.74, 6) is -0.473. The summed E-state index contributed by atoms with van der Waals surface area (Å²) in [6.45, 7) is 1.51. The third-order valence-corrected chi connectivity index (χ3v) is 4.59.